The normalized spacial score (nSPS) is 17.1. The number of carbonyl (C=O) groups excluding carboxylic acids is 1. The molecule has 0 saturated carbocycles. The van der Waals surface area contributed by atoms with Crippen LogP contribution in [0.4, 0.5) is 22.2 Å². The van der Waals surface area contributed by atoms with Crippen LogP contribution in [0, 0.1) is 13.8 Å². The van der Waals surface area contributed by atoms with Gasteiger partial charge in [0.15, 0.2) is 5.13 Å². The molecule has 3 aromatic carbocycles. The third-order valence-corrected chi connectivity index (χ3v) is 9.25. The predicted molar refractivity (Wildman–Crippen MR) is 161 cm³/mol. The Morgan fingerprint density at radius 2 is 1.68 bits per heavy atom. The molecule has 41 heavy (non-hydrogen) atoms. The highest BCUT2D eigenvalue weighted by Gasteiger charge is 2.59. The molecule has 0 aliphatic carbocycles. The number of amides is 1. The van der Waals surface area contributed by atoms with Crippen molar-refractivity contribution < 1.29 is 13.6 Å². The minimum atomic E-state index is -1.80. The van der Waals surface area contributed by atoms with E-state index in [4.69, 9.17) is 13.8 Å². The average Bonchev–Trinajstić information content (AvgIpc) is 3.47. The van der Waals surface area contributed by atoms with Crippen molar-refractivity contribution in [2.24, 2.45) is 0 Å². The van der Waals surface area contributed by atoms with E-state index in [1.54, 1.807) is 49.4 Å². The third kappa shape index (κ3) is 3.08. The Hall–Kier alpha value is -4.54. The summed E-state index contributed by atoms with van der Waals surface area (Å²) in [6.07, 6.45) is 0. The van der Waals surface area contributed by atoms with Crippen molar-refractivity contribution in [2.75, 3.05) is 10.2 Å². The van der Waals surface area contributed by atoms with Crippen molar-refractivity contribution >= 4 is 76.6 Å². The minimum absolute atomic E-state index is 0.0396. The number of fused-ring (bicyclic) bond motifs is 9. The molecule has 2 aliphatic rings. The summed E-state index contributed by atoms with van der Waals surface area (Å²) in [6, 6.07) is 20.0. The SMILES string of the molecule is Cc1cc2c(c(=O)o1)C1(C(=O)Nc3ccccc31)c1c(c3ccccc3oc1=O)N2c1nc2c(C)cc(Br)cc2s1. The third-order valence-electron chi connectivity index (χ3n) is 7.80. The second-order valence-corrected chi connectivity index (χ2v) is 12.1. The first-order chi connectivity index (χ1) is 19.8. The highest BCUT2D eigenvalue weighted by molar-refractivity contribution is 9.10. The summed E-state index contributed by atoms with van der Waals surface area (Å²) in [7, 11) is 0. The first-order valence-corrected chi connectivity index (χ1v) is 14.4. The summed E-state index contributed by atoms with van der Waals surface area (Å²) < 4.78 is 13.3. The van der Waals surface area contributed by atoms with E-state index in [0.717, 1.165) is 20.3 Å². The molecule has 8 rings (SSSR count). The number of thiazole rings is 1. The smallest absolute Gasteiger partial charge is 0.343 e. The first kappa shape index (κ1) is 24.3. The molecule has 0 radical (unpaired) electrons. The van der Waals surface area contributed by atoms with Gasteiger partial charge in [0.05, 0.1) is 32.7 Å². The number of nitrogens with zero attached hydrogens (tertiary/aromatic N) is 2. The summed E-state index contributed by atoms with van der Waals surface area (Å²) in [5.74, 6) is -0.167. The maximum Gasteiger partial charge on any atom is 0.343 e. The van der Waals surface area contributed by atoms with E-state index in [1.165, 1.54) is 11.3 Å². The van der Waals surface area contributed by atoms with Crippen LogP contribution in [0.2, 0.25) is 0 Å². The highest BCUT2D eigenvalue weighted by Crippen LogP contribution is 2.58. The zero-order valence-corrected chi connectivity index (χ0v) is 24.0. The number of aromatic nitrogens is 1. The van der Waals surface area contributed by atoms with E-state index in [-0.39, 0.29) is 11.1 Å². The molecule has 2 aliphatic heterocycles. The van der Waals surface area contributed by atoms with Gasteiger partial charge in [-0.2, -0.15) is 0 Å². The van der Waals surface area contributed by atoms with Crippen molar-refractivity contribution in [3.63, 3.8) is 0 Å². The molecule has 3 aromatic heterocycles. The molecular formula is C31H18BrN3O5S. The topological polar surface area (TPSA) is 106 Å². The van der Waals surface area contributed by atoms with E-state index < -0.39 is 22.6 Å². The fraction of sp³-hybridized carbons (Fsp3) is 0.0968. The lowest BCUT2D eigenvalue weighted by Crippen LogP contribution is -2.48. The fourth-order valence-corrected chi connectivity index (χ4v) is 8.08. The summed E-state index contributed by atoms with van der Waals surface area (Å²) >= 11 is 5.00. The second kappa shape index (κ2) is 8.25. The van der Waals surface area contributed by atoms with Gasteiger partial charge >= 0.3 is 11.3 Å². The molecule has 10 heteroatoms. The van der Waals surface area contributed by atoms with Gasteiger partial charge in [-0.25, -0.2) is 14.6 Å². The molecule has 200 valence electrons. The fourth-order valence-electron chi connectivity index (χ4n) is 6.25. The van der Waals surface area contributed by atoms with Crippen LogP contribution in [0.25, 0.3) is 21.2 Å². The molecule has 8 nitrogen and oxygen atoms in total. The molecule has 1 atom stereocenters. The van der Waals surface area contributed by atoms with Gasteiger partial charge in [-0.1, -0.05) is 57.6 Å². The number of benzene rings is 3. The number of carbonyl (C=O) groups is 1. The van der Waals surface area contributed by atoms with Crippen LogP contribution < -0.4 is 21.5 Å². The van der Waals surface area contributed by atoms with Crippen molar-refractivity contribution in [3.05, 3.63) is 120 Å². The van der Waals surface area contributed by atoms with E-state index in [1.807, 2.05) is 36.1 Å². The quantitative estimate of drug-likeness (QED) is 0.201. The van der Waals surface area contributed by atoms with Crippen LogP contribution in [0.5, 0.6) is 0 Å². The van der Waals surface area contributed by atoms with Crippen molar-refractivity contribution in [1.29, 1.82) is 0 Å². The minimum Gasteiger partial charge on any atom is -0.428 e. The number of nitrogens with one attached hydrogen (secondary N) is 1. The Labute approximate surface area is 244 Å². The summed E-state index contributed by atoms with van der Waals surface area (Å²) in [4.78, 5) is 49.0. The van der Waals surface area contributed by atoms with Crippen LogP contribution in [-0.4, -0.2) is 10.9 Å². The molecule has 5 heterocycles. The maximum absolute atomic E-state index is 14.2. The largest absolute Gasteiger partial charge is 0.428 e. The summed E-state index contributed by atoms with van der Waals surface area (Å²) in [5, 5.41) is 4.05. The number of anilines is 4. The molecule has 1 unspecified atom stereocenters. The highest BCUT2D eigenvalue weighted by atomic mass is 79.9. The number of hydrogen-bond donors (Lipinski definition) is 1. The summed E-state index contributed by atoms with van der Waals surface area (Å²) in [6.45, 7) is 3.66. The Morgan fingerprint density at radius 3 is 2.54 bits per heavy atom. The Morgan fingerprint density at radius 1 is 0.927 bits per heavy atom. The molecule has 1 N–H and O–H groups in total. The van der Waals surface area contributed by atoms with Gasteiger partial charge in [0.1, 0.15) is 16.8 Å². The zero-order valence-electron chi connectivity index (χ0n) is 21.6. The van der Waals surface area contributed by atoms with E-state index in [2.05, 4.69) is 21.2 Å². The van der Waals surface area contributed by atoms with Crippen molar-refractivity contribution in [3.8, 4) is 0 Å². The van der Waals surface area contributed by atoms with Gasteiger partial charge in [-0.3, -0.25) is 9.69 Å². The zero-order chi connectivity index (χ0) is 28.2. The average molecular weight is 624 g/mol. The number of halogens is 1. The monoisotopic (exact) mass is 623 g/mol. The van der Waals surface area contributed by atoms with Crippen LogP contribution in [0.15, 0.2) is 89.6 Å². The molecular weight excluding hydrogens is 606 g/mol. The van der Waals surface area contributed by atoms with Gasteiger partial charge in [0.2, 0.25) is 5.91 Å². The Kier molecular flexibility index (Phi) is 4.88. The van der Waals surface area contributed by atoms with E-state index >= 15 is 0 Å². The molecule has 0 fully saturated rings. The van der Waals surface area contributed by atoms with Crippen LogP contribution >= 0.6 is 27.3 Å². The molecule has 0 saturated heterocycles. The second-order valence-electron chi connectivity index (χ2n) is 10.2. The van der Waals surface area contributed by atoms with Crippen molar-refractivity contribution in [2.45, 2.75) is 19.3 Å². The Balaban J connectivity index is 1.61. The molecule has 1 spiro atoms. The Bertz CT molecular complexity index is 2270. The number of para-hydroxylation sites is 2. The van der Waals surface area contributed by atoms with E-state index in [9.17, 15) is 14.4 Å². The number of hydrogen-bond acceptors (Lipinski definition) is 8. The van der Waals surface area contributed by atoms with Gasteiger partial charge in [0.25, 0.3) is 0 Å². The first-order valence-electron chi connectivity index (χ1n) is 12.8. The molecule has 0 bridgehead atoms. The standard InChI is InChI=1S/C31H18BrN3O5S/c1-14-11-16(32)13-22-25(14)34-30(41-22)35-20-12-15(2)39-27(36)23(20)31(18-8-4-5-9-19(18)33-29(31)38)24-26(35)17-7-3-6-10-21(17)40-28(24)37/h3-13H,1-2H3,(H,33,38). The van der Waals surface area contributed by atoms with Crippen molar-refractivity contribution in [1.82, 2.24) is 4.98 Å². The van der Waals surface area contributed by atoms with Gasteiger partial charge in [0, 0.05) is 27.2 Å². The molecule has 6 aromatic rings. The van der Waals surface area contributed by atoms with E-state index in [0.29, 0.717) is 44.5 Å². The predicted octanol–water partition coefficient (Wildman–Crippen LogP) is 6.80. The lowest BCUT2D eigenvalue weighted by atomic mass is 9.67. The van der Waals surface area contributed by atoms with Gasteiger partial charge < -0.3 is 14.2 Å². The number of aryl methyl sites for hydroxylation is 2. The van der Waals surface area contributed by atoms with Gasteiger partial charge in [-0.05, 0) is 49.7 Å². The molecule has 1 amide bonds. The van der Waals surface area contributed by atoms with Crippen LogP contribution in [-0.2, 0) is 10.2 Å². The van der Waals surface area contributed by atoms with Gasteiger partial charge in [-0.15, -0.1) is 0 Å². The lowest BCUT2D eigenvalue weighted by molar-refractivity contribution is -0.118. The summed E-state index contributed by atoms with van der Waals surface area (Å²) in [5.41, 5.74) is 0.822. The number of rotatable bonds is 1. The maximum atomic E-state index is 14.2. The van der Waals surface area contributed by atoms with Crippen LogP contribution in [0.3, 0.4) is 0 Å². The lowest BCUT2D eigenvalue weighted by Gasteiger charge is -2.39. The van der Waals surface area contributed by atoms with Crippen LogP contribution in [0.1, 0.15) is 28.0 Å².